The molecule has 5 heteroatoms. The van der Waals surface area contributed by atoms with Crippen molar-refractivity contribution < 1.29 is 9.53 Å². The Morgan fingerprint density at radius 2 is 2.20 bits per heavy atom. The van der Waals surface area contributed by atoms with Crippen LogP contribution in [0.15, 0.2) is 0 Å². The molecule has 0 spiro atoms. The molecule has 0 aromatic heterocycles. The third-order valence-corrected chi connectivity index (χ3v) is 3.11. The maximum Gasteiger partial charge on any atom is 0.178 e. The van der Waals surface area contributed by atoms with E-state index >= 15 is 0 Å². The third kappa shape index (κ3) is 1.81. The molecule has 1 saturated heterocycles. The van der Waals surface area contributed by atoms with Gasteiger partial charge in [-0.3, -0.25) is 4.79 Å². The van der Waals surface area contributed by atoms with Gasteiger partial charge in [0.25, 0.3) is 0 Å². The molecule has 1 aliphatic rings. The van der Waals surface area contributed by atoms with E-state index < -0.39 is 3.23 Å². The summed E-state index contributed by atoms with van der Waals surface area (Å²) in [6, 6.07) is 0. The van der Waals surface area contributed by atoms with Crippen molar-refractivity contribution in [2.45, 2.75) is 8.06 Å². The topological polar surface area (TPSA) is 26.3 Å². The van der Waals surface area contributed by atoms with Gasteiger partial charge in [0.1, 0.15) is 0 Å². The zero-order chi connectivity index (χ0) is 7.78. The lowest BCUT2D eigenvalue weighted by molar-refractivity contribution is -0.123. The smallest absolute Gasteiger partial charge is 0.178 e. The van der Waals surface area contributed by atoms with Gasteiger partial charge >= 0.3 is 0 Å². The molecule has 2 nitrogen and oxygen atoms in total. The van der Waals surface area contributed by atoms with Gasteiger partial charge in [-0.2, -0.15) is 0 Å². The number of hydrogen-bond donors (Lipinski definition) is 0. The number of carbonyl (C=O) groups excluding carboxylic acids is 1. The molecule has 1 aliphatic heterocycles. The average molecular weight is 337 g/mol. The maximum absolute atomic E-state index is 11.2. The second-order valence-corrected chi connectivity index (χ2v) is 6.93. The highest BCUT2D eigenvalue weighted by Gasteiger charge is 2.40. The fraction of sp³-hybridized carbons (Fsp3) is 0.800. The summed E-state index contributed by atoms with van der Waals surface area (Å²) >= 11 is 9.62. The molecule has 0 aromatic carbocycles. The van der Waals surface area contributed by atoms with Crippen molar-refractivity contribution in [1.82, 2.24) is 0 Å². The average Bonchev–Trinajstić information content (AvgIpc) is 1.83. The largest absolute Gasteiger partial charge is 0.377 e. The first-order valence-electron chi connectivity index (χ1n) is 2.68. The van der Waals surface area contributed by atoms with Crippen molar-refractivity contribution in [2.24, 2.45) is 0 Å². The minimum atomic E-state index is -0.674. The van der Waals surface area contributed by atoms with E-state index in [1.807, 2.05) is 0 Å². The predicted octanol–water partition coefficient (Wildman–Crippen LogP) is 1.84. The molecule has 0 aliphatic carbocycles. The van der Waals surface area contributed by atoms with Crippen LogP contribution < -0.4 is 0 Å². The molecule has 10 heavy (non-hydrogen) atoms. The summed E-state index contributed by atoms with van der Waals surface area (Å²) in [5, 5.41) is 0. The van der Waals surface area contributed by atoms with Crippen molar-refractivity contribution in [3.63, 3.8) is 0 Å². The van der Waals surface area contributed by atoms with E-state index in [0.717, 1.165) is 0 Å². The first kappa shape index (κ1) is 9.16. The minimum absolute atomic E-state index is 0.0822. The van der Waals surface area contributed by atoms with Crippen LogP contribution in [0.3, 0.4) is 0 Å². The van der Waals surface area contributed by atoms with Gasteiger partial charge < -0.3 is 4.74 Å². The van der Waals surface area contributed by atoms with Gasteiger partial charge in [-0.25, -0.2) is 0 Å². The quantitative estimate of drug-likeness (QED) is 0.631. The first-order valence-corrected chi connectivity index (χ1v) is 5.18. The molecular weight excluding hydrogens is 332 g/mol. The Morgan fingerprint density at radius 3 is 2.60 bits per heavy atom. The summed E-state index contributed by atoms with van der Waals surface area (Å²) < 4.78 is 4.43. The molecule has 1 fully saturated rings. The second kappa shape index (κ2) is 3.21. The van der Waals surface area contributed by atoms with Crippen LogP contribution >= 0.6 is 47.8 Å². The van der Waals surface area contributed by atoms with E-state index in [9.17, 15) is 4.79 Å². The van der Waals surface area contributed by atoms with E-state index in [1.54, 1.807) is 0 Å². The standard InChI is InChI=1S/C5H5Br3O2/c6-3-1-10-2-5(7,8)4(3)9/h3H,1-2H2. The maximum atomic E-state index is 11.2. The number of halogens is 3. The molecule has 1 atom stereocenters. The lowest BCUT2D eigenvalue weighted by atomic mass is 10.2. The zero-order valence-corrected chi connectivity index (χ0v) is 9.70. The van der Waals surface area contributed by atoms with Gasteiger partial charge in [0.2, 0.25) is 0 Å². The fourth-order valence-corrected chi connectivity index (χ4v) is 2.74. The number of ketones is 1. The molecule has 1 unspecified atom stereocenters. The molecule has 1 rings (SSSR count). The minimum Gasteiger partial charge on any atom is -0.377 e. The molecule has 0 radical (unpaired) electrons. The highest BCUT2D eigenvalue weighted by molar-refractivity contribution is 9.26. The molecule has 0 bridgehead atoms. The Labute approximate surface area is 84.1 Å². The summed E-state index contributed by atoms with van der Waals surface area (Å²) in [5.41, 5.74) is 0. The molecule has 58 valence electrons. The third-order valence-electron chi connectivity index (χ3n) is 1.19. The molecule has 0 N–H and O–H groups in total. The van der Waals surface area contributed by atoms with Gasteiger partial charge in [-0.15, -0.1) is 0 Å². The van der Waals surface area contributed by atoms with Crippen molar-refractivity contribution >= 4 is 53.6 Å². The van der Waals surface area contributed by atoms with Crippen LogP contribution in [-0.2, 0) is 9.53 Å². The van der Waals surface area contributed by atoms with Gasteiger partial charge in [0.15, 0.2) is 9.02 Å². The van der Waals surface area contributed by atoms with Crippen molar-refractivity contribution in [3.05, 3.63) is 0 Å². The highest BCUT2D eigenvalue weighted by Crippen LogP contribution is 2.33. The Bertz CT molecular complexity index is 157. The second-order valence-electron chi connectivity index (χ2n) is 2.05. The van der Waals surface area contributed by atoms with Crippen LogP contribution in [0.4, 0.5) is 0 Å². The highest BCUT2D eigenvalue weighted by atomic mass is 79.9. The van der Waals surface area contributed by atoms with Crippen LogP contribution in [0.2, 0.25) is 0 Å². The summed E-state index contributed by atoms with van der Waals surface area (Å²) in [5.74, 6) is 0.0822. The van der Waals surface area contributed by atoms with Crippen LogP contribution in [-0.4, -0.2) is 27.1 Å². The molecular formula is C5H5Br3O2. The Hall–Kier alpha value is 1.07. The first-order chi connectivity index (χ1) is 4.54. The number of alkyl halides is 3. The van der Waals surface area contributed by atoms with Gasteiger partial charge in [0, 0.05) is 0 Å². The number of hydrogen-bond acceptors (Lipinski definition) is 2. The Morgan fingerprint density at radius 1 is 1.60 bits per heavy atom. The van der Waals surface area contributed by atoms with Gasteiger partial charge in [-0.05, 0) is 0 Å². The van der Waals surface area contributed by atoms with E-state index in [4.69, 9.17) is 4.74 Å². The Kier molecular flexibility index (Phi) is 2.94. The monoisotopic (exact) mass is 334 g/mol. The number of ether oxygens (including phenoxy) is 1. The van der Waals surface area contributed by atoms with Crippen LogP contribution in [0.5, 0.6) is 0 Å². The van der Waals surface area contributed by atoms with Crippen LogP contribution in [0, 0.1) is 0 Å². The van der Waals surface area contributed by atoms with Gasteiger partial charge in [-0.1, -0.05) is 47.8 Å². The summed E-state index contributed by atoms with van der Waals surface area (Å²) in [7, 11) is 0. The Balaban J connectivity index is 2.70. The SMILES string of the molecule is O=C1C(Br)COCC1(Br)Br. The van der Waals surface area contributed by atoms with E-state index in [0.29, 0.717) is 13.2 Å². The van der Waals surface area contributed by atoms with Gasteiger partial charge in [0.05, 0.1) is 18.0 Å². The molecule has 1 heterocycles. The van der Waals surface area contributed by atoms with E-state index in [-0.39, 0.29) is 10.6 Å². The fourth-order valence-electron chi connectivity index (χ4n) is 0.667. The zero-order valence-electron chi connectivity index (χ0n) is 4.94. The molecule has 0 amide bonds. The summed E-state index contributed by atoms with van der Waals surface area (Å²) in [6.07, 6.45) is 0. The van der Waals surface area contributed by atoms with E-state index in [1.165, 1.54) is 0 Å². The van der Waals surface area contributed by atoms with Crippen molar-refractivity contribution in [2.75, 3.05) is 13.2 Å². The summed E-state index contributed by atoms with van der Waals surface area (Å²) in [6.45, 7) is 0.839. The van der Waals surface area contributed by atoms with Crippen LogP contribution in [0.1, 0.15) is 0 Å². The predicted molar refractivity (Wildman–Crippen MR) is 49.1 cm³/mol. The number of Topliss-reactive ketones (excluding diaryl/α,β-unsaturated/α-hetero) is 1. The molecule has 0 saturated carbocycles. The number of rotatable bonds is 0. The van der Waals surface area contributed by atoms with Crippen LogP contribution in [0.25, 0.3) is 0 Å². The van der Waals surface area contributed by atoms with E-state index in [2.05, 4.69) is 47.8 Å². The van der Waals surface area contributed by atoms with Crippen molar-refractivity contribution in [1.29, 1.82) is 0 Å². The summed E-state index contributed by atoms with van der Waals surface area (Å²) in [4.78, 5) is 11.0. The molecule has 0 aromatic rings. The lowest BCUT2D eigenvalue weighted by Crippen LogP contribution is -2.43. The van der Waals surface area contributed by atoms with Crippen molar-refractivity contribution in [3.8, 4) is 0 Å². The number of carbonyl (C=O) groups is 1. The normalized spacial score (nSPS) is 32.3. The lowest BCUT2D eigenvalue weighted by Gasteiger charge is -2.27.